The van der Waals surface area contributed by atoms with Gasteiger partial charge in [-0.05, 0) is 21.8 Å². The second-order valence-electron chi connectivity index (χ2n) is 4.36. The first-order valence-corrected chi connectivity index (χ1v) is 6.53. The summed E-state index contributed by atoms with van der Waals surface area (Å²) in [6, 6.07) is 2.09. The molecule has 0 fully saturated rings. The molecule has 0 saturated heterocycles. The van der Waals surface area contributed by atoms with Gasteiger partial charge < -0.3 is 5.32 Å². The lowest BCUT2D eigenvalue weighted by Crippen LogP contribution is -2.03. The van der Waals surface area contributed by atoms with Gasteiger partial charge in [0.2, 0.25) is 0 Å². The van der Waals surface area contributed by atoms with Gasteiger partial charge in [-0.15, -0.1) is 0 Å². The van der Waals surface area contributed by atoms with Crippen LogP contribution >= 0.6 is 15.9 Å². The Morgan fingerprint density at radius 3 is 2.63 bits per heavy atom. The fraction of sp³-hybridized carbons (Fsp3) is 0.333. The van der Waals surface area contributed by atoms with E-state index in [1.807, 2.05) is 0 Å². The molecule has 1 N–H and O–H groups in total. The second-order valence-corrected chi connectivity index (χ2v) is 5.11. The summed E-state index contributed by atoms with van der Waals surface area (Å²) in [5.74, 6) is 1.50. The van der Waals surface area contributed by atoms with Crippen LogP contribution in [-0.2, 0) is 7.05 Å². The standard InChI is InChI=1S/C12H13BrN6/c1-7(2)9-5-16-10(6-15-9)17-12-8(4-14)11(13)18-19(12)3/h5-7H,1-3H3,(H,16,17). The van der Waals surface area contributed by atoms with Crippen molar-refractivity contribution < 1.29 is 0 Å². The molecule has 2 heterocycles. The molecule has 0 bridgehead atoms. The minimum absolute atomic E-state index is 0.335. The van der Waals surface area contributed by atoms with Crippen molar-refractivity contribution in [2.24, 2.45) is 7.05 Å². The van der Waals surface area contributed by atoms with Gasteiger partial charge in [-0.1, -0.05) is 13.8 Å². The maximum Gasteiger partial charge on any atom is 0.150 e. The monoisotopic (exact) mass is 320 g/mol. The molecule has 6 nitrogen and oxygen atoms in total. The van der Waals surface area contributed by atoms with E-state index < -0.39 is 0 Å². The molecular formula is C12H13BrN6. The lowest BCUT2D eigenvalue weighted by atomic mass is 10.1. The van der Waals surface area contributed by atoms with Gasteiger partial charge in [0.15, 0.2) is 0 Å². The van der Waals surface area contributed by atoms with E-state index in [1.54, 1.807) is 24.1 Å². The van der Waals surface area contributed by atoms with Crippen LogP contribution in [0.4, 0.5) is 11.6 Å². The van der Waals surface area contributed by atoms with E-state index in [-0.39, 0.29) is 0 Å². The summed E-state index contributed by atoms with van der Waals surface area (Å²) in [5, 5.41) is 16.3. The zero-order chi connectivity index (χ0) is 14.0. The molecule has 0 aliphatic carbocycles. The zero-order valence-electron chi connectivity index (χ0n) is 10.8. The number of nitrogens with zero attached hydrogens (tertiary/aromatic N) is 5. The lowest BCUT2D eigenvalue weighted by molar-refractivity contribution is 0.767. The molecule has 19 heavy (non-hydrogen) atoms. The quantitative estimate of drug-likeness (QED) is 0.940. The maximum absolute atomic E-state index is 9.10. The molecule has 0 aromatic carbocycles. The summed E-state index contributed by atoms with van der Waals surface area (Å²) in [7, 11) is 1.75. The van der Waals surface area contributed by atoms with Crippen LogP contribution in [0, 0.1) is 11.3 Å². The summed E-state index contributed by atoms with van der Waals surface area (Å²) in [6.45, 7) is 4.12. The molecule has 98 valence electrons. The van der Waals surface area contributed by atoms with Gasteiger partial charge in [0.05, 0.1) is 18.1 Å². The maximum atomic E-state index is 9.10. The Morgan fingerprint density at radius 1 is 1.37 bits per heavy atom. The topological polar surface area (TPSA) is 79.4 Å². The molecule has 0 aliphatic heterocycles. The van der Waals surface area contributed by atoms with Crippen LogP contribution in [0.15, 0.2) is 17.0 Å². The van der Waals surface area contributed by atoms with E-state index in [0.29, 0.717) is 27.7 Å². The van der Waals surface area contributed by atoms with Crippen molar-refractivity contribution in [3.63, 3.8) is 0 Å². The van der Waals surface area contributed by atoms with Crippen molar-refractivity contribution >= 4 is 27.6 Å². The number of nitriles is 1. The first-order chi connectivity index (χ1) is 9.02. The van der Waals surface area contributed by atoms with Gasteiger partial charge in [0.25, 0.3) is 0 Å². The van der Waals surface area contributed by atoms with E-state index in [4.69, 9.17) is 5.26 Å². The van der Waals surface area contributed by atoms with Crippen LogP contribution in [0.3, 0.4) is 0 Å². The number of hydrogen-bond acceptors (Lipinski definition) is 5. The van der Waals surface area contributed by atoms with Gasteiger partial charge in [0.1, 0.15) is 27.9 Å². The fourth-order valence-electron chi connectivity index (χ4n) is 1.56. The number of anilines is 2. The predicted molar refractivity (Wildman–Crippen MR) is 75.0 cm³/mol. The highest BCUT2D eigenvalue weighted by Gasteiger charge is 2.14. The summed E-state index contributed by atoms with van der Waals surface area (Å²) in [5.41, 5.74) is 1.37. The van der Waals surface area contributed by atoms with Crippen LogP contribution in [0.1, 0.15) is 31.0 Å². The van der Waals surface area contributed by atoms with Crippen LogP contribution < -0.4 is 5.32 Å². The Morgan fingerprint density at radius 2 is 2.11 bits per heavy atom. The molecule has 0 spiro atoms. The molecular weight excluding hydrogens is 308 g/mol. The number of nitrogens with one attached hydrogen (secondary N) is 1. The van der Waals surface area contributed by atoms with E-state index in [2.05, 4.69) is 56.2 Å². The smallest absolute Gasteiger partial charge is 0.150 e. The Hall–Kier alpha value is -1.94. The molecule has 7 heteroatoms. The van der Waals surface area contributed by atoms with Gasteiger partial charge >= 0.3 is 0 Å². The number of hydrogen-bond donors (Lipinski definition) is 1. The van der Waals surface area contributed by atoms with Gasteiger partial charge in [-0.2, -0.15) is 10.4 Å². The highest BCUT2D eigenvalue weighted by Crippen LogP contribution is 2.25. The molecule has 2 aromatic rings. The van der Waals surface area contributed by atoms with Crippen molar-refractivity contribution in [2.45, 2.75) is 19.8 Å². The minimum Gasteiger partial charge on any atom is -0.323 e. The normalized spacial score (nSPS) is 10.5. The predicted octanol–water partition coefficient (Wildman–Crippen LogP) is 2.71. The van der Waals surface area contributed by atoms with Crippen molar-refractivity contribution in [2.75, 3.05) is 5.32 Å². The molecule has 2 aromatic heterocycles. The molecule has 0 aliphatic rings. The van der Waals surface area contributed by atoms with Gasteiger partial charge in [0, 0.05) is 7.05 Å². The van der Waals surface area contributed by atoms with E-state index in [1.165, 1.54) is 0 Å². The summed E-state index contributed by atoms with van der Waals surface area (Å²) in [4.78, 5) is 8.60. The molecule has 2 rings (SSSR count). The summed E-state index contributed by atoms with van der Waals surface area (Å²) in [6.07, 6.45) is 3.38. The number of rotatable bonds is 3. The molecule has 0 saturated carbocycles. The summed E-state index contributed by atoms with van der Waals surface area (Å²) < 4.78 is 2.09. The van der Waals surface area contributed by atoms with Crippen LogP contribution in [0.2, 0.25) is 0 Å². The third-order valence-corrected chi connectivity index (χ3v) is 3.18. The Bertz CT molecular complexity index is 623. The first-order valence-electron chi connectivity index (χ1n) is 5.74. The zero-order valence-corrected chi connectivity index (χ0v) is 12.4. The van der Waals surface area contributed by atoms with Crippen molar-refractivity contribution in [3.05, 3.63) is 28.3 Å². The van der Waals surface area contributed by atoms with Crippen LogP contribution in [0.5, 0.6) is 0 Å². The number of halogens is 1. The van der Waals surface area contributed by atoms with Crippen LogP contribution in [0.25, 0.3) is 0 Å². The minimum atomic E-state index is 0.335. The summed E-state index contributed by atoms with van der Waals surface area (Å²) >= 11 is 3.24. The first kappa shape index (κ1) is 13.5. The fourth-order valence-corrected chi connectivity index (χ4v) is 2.07. The van der Waals surface area contributed by atoms with Crippen LogP contribution in [-0.4, -0.2) is 19.7 Å². The van der Waals surface area contributed by atoms with Crippen molar-refractivity contribution in [1.29, 1.82) is 5.26 Å². The average molecular weight is 321 g/mol. The Labute approximate surface area is 119 Å². The van der Waals surface area contributed by atoms with Gasteiger partial charge in [-0.3, -0.25) is 9.67 Å². The highest BCUT2D eigenvalue weighted by molar-refractivity contribution is 9.10. The van der Waals surface area contributed by atoms with E-state index >= 15 is 0 Å². The average Bonchev–Trinajstić information content (AvgIpc) is 2.64. The van der Waals surface area contributed by atoms with E-state index in [9.17, 15) is 0 Å². The Kier molecular flexibility index (Phi) is 3.81. The third-order valence-electron chi connectivity index (χ3n) is 2.63. The largest absolute Gasteiger partial charge is 0.323 e. The number of aryl methyl sites for hydroxylation is 1. The van der Waals surface area contributed by atoms with Gasteiger partial charge in [-0.25, -0.2) is 4.98 Å². The molecule has 0 radical (unpaired) electrons. The molecule has 0 atom stereocenters. The SMILES string of the molecule is CC(C)c1cnc(Nc2c(C#N)c(Br)nn2C)cn1. The number of aromatic nitrogens is 4. The van der Waals surface area contributed by atoms with Crippen molar-refractivity contribution in [3.8, 4) is 6.07 Å². The molecule has 0 unspecified atom stereocenters. The second kappa shape index (κ2) is 5.36. The Balaban J connectivity index is 2.29. The third kappa shape index (κ3) is 2.74. The van der Waals surface area contributed by atoms with E-state index in [0.717, 1.165) is 5.69 Å². The molecule has 0 amide bonds. The van der Waals surface area contributed by atoms with Crippen molar-refractivity contribution in [1.82, 2.24) is 19.7 Å². The highest BCUT2D eigenvalue weighted by atomic mass is 79.9. The lowest BCUT2D eigenvalue weighted by Gasteiger charge is -2.07.